The van der Waals surface area contributed by atoms with E-state index in [1.807, 2.05) is 0 Å². The summed E-state index contributed by atoms with van der Waals surface area (Å²) < 4.78 is 5.64. The zero-order chi connectivity index (χ0) is 11.9. The van der Waals surface area contributed by atoms with Gasteiger partial charge in [-0.1, -0.05) is 0 Å². The zero-order valence-corrected chi connectivity index (χ0v) is 8.58. The first-order valence-electron chi connectivity index (χ1n) is 4.69. The van der Waals surface area contributed by atoms with Gasteiger partial charge in [0, 0.05) is 6.42 Å². The van der Waals surface area contributed by atoms with Crippen molar-refractivity contribution >= 4 is 11.7 Å². The summed E-state index contributed by atoms with van der Waals surface area (Å²) in [6.07, 6.45) is 0.312. The Bertz CT molecular complexity index is 496. The molecule has 86 valence electrons. The number of esters is 1. The predicted molar refractivity (Wildman–Crippen MR) is 53.5 cm³/mol. The maximum atomic E-state index is 11.7. The highest BCUT2D eigenvalue weighted by Crippen LogP contribution is 2.31. The molecule has 1 aromatic heterocycles. The Morgan fingerprint density at radius 3 is 3.06 bits per heavy atom. The Hall–Kier alpha value is -1.89. The van der Waals surface area contributed by atoms with Gasteiger partial charge in [-0.2, -0.15) is 0 Å². The van der Waals surface area contributed by atoms with Crippen LogP contribution < -0.4 is 11.3 Å². The molecule has 2 atom stereocenters. The van der Waals surface area contributed by atoms with Gasteiger partial charge in [0.15, 0.2) is 0 Å². The molecule has 0 radical (unpaired) electrons. The summed E-state index contributed by atoms with van der Waals surface area (Å²) in [6.45, 7) is 0. The minimum atomic E-state index is -0.947. The Morgan fingerprint density at radius 2 is 2.44 bits per heavy atom. The third-order valence-electron chi connectivity index (χ3n) is 2.58. The second-order valence-electron chi connectivity index (χ2n) is 3.54. The number of aliphatic hydroxyl groups excluding tert-OH is 1. The highest BCUT2D eigenvalue weighted by Gasteiger charge is 2.37. The molecular weight excluding hydrogens is 214 g/mol. The fourth-order valence-electron chi connectivity index (χ4n) is 1.80. The van der Waals surface area contributed by atoms with E-state index in [2.05, 4.69) is 9.72 Å². The van der Waals surface area contributed by atoms with E-state index >= 15 is 0 Å². The molecule has 0 fully saturated rings. The molecular formula is C9H11N3O4. The molecule has 1 aliphatic rings. The van der Waals surface area contributed by atoms with Crippen molar-refractivity contribution in [3.05, 3.63) is 22.4 Å². The second-order valence-corrected chi connectivity index (χ2v) is 3.54. The Morgan fingerprint density at radius 1 is 1.75 bits per heavy atom. The lowest BCUT2D eigenvalue weighted by molar-refractivity contribution is -0.144. The second kappa shape index (κ2) is 3.60. The summed E-state index contributed by atoms with van der Waals surface area (Å²) in [6, 6.07) is -0.849. The molecule has 0 amide bonds. The van der Waals surface area contributed by atoms with E-state index in [-0.39, 0.29) is 17.9 Å². The van der Waals surface area contributed by atoms with Crippen LogP contribution in [0.4, 0.5) is 5.69 Å². The number of methoxy groups -OCH3 is 1. The van der Waals surface area contributed by atoms with Gasteiger partial charge in [0.1, 0.15) is 23.7 Å². The maximum absolute atomic E-state index is 11.7. The van der Waals surface area contributed by atoms with Crippen LogP contribution in [0.5, 0.6) is 0 Å². The first kappa shape index (κ1) is 10.6. The van der Waals surface area contributed by atoms with Crippen LogP contribution in [0.2, 0.25) is 0 Å². The summed E-state index contributed by atoms with van der Waals surface area (Å²) in [5.41, 5.74) is 4.82. The molecule has 7 nitrogen and oxygen atoms in total. The maximum Gasteiger partial charge on any atom is 0.329 e. The normalized spacial score (nSPS) is 22.9. The van der Waals surface area contributed by atoms with Crippen LogP contribution in [-0.2, 0) is 9.53 Å². The SMILES string of the molecule is COC(=O)C1CC(O)c2ncc(N)c(=O)n21. The molecule has 0 aliphatic carbocycles. The standard InChI is InChI=1S/C9H11N3O4/c1-16-9(15)5-2-6(13)7-11-3-4(10)8(14)12(5)7/h3,5-6,13H,2,10H2,1H3. The first-order chi connectivity index (χ1) is 7.56. The van der Waals surface area contributed by atoms with Gasteiger partial charge in [0.25, 0.3) is 5.56 Å². The van der Waals surface area contributed by atoms with E-state index < -0.39 is 23.7 Å². The van der Waals surface area contributed by atoms with Gasteiger partial charge < -0.3 is 15.6 Å². The number of nitrogen functional groups attached to an aromatic ring is 1. The fraction of sp³-hybridized carbons (Fsp3) is 0.444. The number of nitrogens with zero attached hydrogens (tertiary/aromatic N) is 2. The Kier molecular flexibility index (Phi) is 2.39. The lowest BCUT2D eigenvalue weighted by Crippen LogP contribution is -2.30. The van der Waals surface area contributed by atoms with Crippen LogP contribution in [0.3, 0.4) is 0 Å². The number of fused-ring (bicyclic) bond motifs is 1. The molecule has 16 heavy (non-hydrogen) atoms. The molecule has 2 heterocycles. The fourth-order valence-corrected chi connectivity index (χ4v) is 1.80. The van der Waals surface area contributed by atoms with E-state index in [0.29, 0.717) is 0 Å². The number of aromatic nitrogens is 2. The van der Waals surface area contributed by atoms with Crippen LogP contribution in [-0.4, -0.2) is 27.7 Å². The smallest absolute Gasteiger partial charge is 0.329 e. The number of hydrogen-bond acceptors (Lipinski definition) is 6. The molecule has 0 saturated carbocycles. The number of aliphatic hydroxyl groups is 1. The monoisotopic (exact) mass is 225 g/mol. The topological polar surface area (TPSA) is 107 Å². The van der Waals surface area contributed by atoms with Gasteiger partial charge in [0.05, 0.1) is 13.3 Å². The van der Waals surface area contributed by atoms with Crippen molar-refractivity contribution in [3.63, 3.8) is 0 Å². The van der Waals surface area contributed by atoms with Crippen molar-refractivity contribution in [1.82, 2.24) is 9.55 Å². The third-order valence-corrected chi connectivity index (χ3v) is 2.58. The van der Waals surface area contributed by atoms with Crippen LogP contribution in [0.15, 0.2) is 11.0 Å². The number of carbonyl (C=O) groups excluding carboxylic acids is 1. The molecule has 2 rings (SSSR count). The molecule has 7 heteroatoms. The van der Waals surface area contributed by atoms with Crippen LogP contribution in [0, 0.1) is 0 Å². The summed E-state index contributed by atoms with van der Waals surface area (Å²) in [4.78, 5) is 27.0. The number of anilines is 1. The number of carbonyl (C=O) groups is 1. The molecule has 0 saturated heterocycles. The molecule has 0 spiro atoms. The molecule has 0 aromatic carbocycles. The summed E-state index contributed by atoms with van der Waals surface area (Å²) in [5.74, 6) is -0.443. The number of nitrogens with two attached hydrogens (primary N) is 1. The van der Waals surface area contributed by atoms with E-state index in [4.69, 9.17) is 5.73 Å². The highest BCUT2D eigenvalue weighted by molar-refractivity contribution is 5.75. The summed E-state index contributed by atoms with van der Waals surface area (Å²) >= 11 is 0. The zero-order valence-electron chi connectivity index (χ0n) is 8.58. The lowest BCUT2D eigenvalue weighted by atomic mass is 10.2. The summed E-state index contributed by atoms with van der Waals surface area (Å²) in [7, 11) is 1.22. The number of ether oxygens (including phenoxy) is 1. The van der Waals surface area contributed by atoms with Crippen molar-refractivity contribution in [2.75, 3.05) is 12.8 Å². The summed E-state index contributed by atoms with van der Waals surface area (Å²) in [5, 5.41) is 9.64. The lowest BCUT2D eigenvalue weighted by Gasteiger charge is -2.11. The quantitative estimate of drug-likeness (QED) is 0.592. The number of hydrogen-bond donors (Lipinski definition) is 2. The molecule has 2 unspecified atom stereocenters. The highest BCUT2D eigenvalue weighted by atomic mass is 16.5. The first-order valence-corrected chi connectivity index (χ1v) is 4.69. The van der Waals surface area contributed by atoms with Gasteiger partial charge >= 0.3 is 5.97 Å². The van der Waals surface area contributed by atoms with E-state index in [1.165, 1.54) is 13.3 Å². The van der Waals surface area contributed by atoms with E-state index in [0.717, 1.165) is 4.57 Å². The van der Waals surface area contributed by atoms with Gasteiger partial charge in [-0.05, 0) is 0 Å². The van der Waals surface area contributed by atoms with Crippen LogP contribution in [0.25, 0.3) is 0 Å². The van der Waals surface area contributed by atoms with E-state index in [1.54, 1.807) is 0 Å². The average molecular weight is 225 g/mol. The van der Waals surface area contributed by atoms with Crippen molar-refractivity contribution < 1.29 is 14.6 Å². The minimum absolute atomic E-state index is 0.0632. The van der Waals surface area contributed by atoms with Crippen LogP contribution >= 0.6 is 0 Å². The van der Waals surface area contributed by atoms with E-state index in [9.17, 15) is 14.7 Å². The van der Waals surface area contributed by atoms with Crippen molar-refractivity contribution in [3.8, 4) is 0 Å². The third kappa shape index (κ3) is 1.36. The van der Waals surface area contributed by atoms with Gasteiger partial charge in [-0.3, -0.25) is 9.36 Å². The Balaban J connectivity index is 2.59. The van der Waals surface area contributed by atoms with Crippen molar-refractivity contribution in [1.29, 1.82) is 0 Å². The largest absolute Gasteiger partial charge is 0.467 e. The molecule has 0 bridgehead atoms. The predicted octanol–water partition coefficient (Wildman–Crippen LogP) is -1.02. The molecule has 1 aliphatic heterocycles. The number of rotatable bonds is 1. The van der Waals surface area contributed by atoms with Gasteiger partial charge in [-0.25, -0.2) is 9.78 Å². The van der Waals surface area contributed by atoms with Gasteiger partial charge in [-0.15, -0.1) is 0 Å². The minimum Gasteiger partial charge on any atom is -0.467 e. The Labute approximate surface area is 90.5 Å². The van der Waals surface area contributed by atoms with Gasteiger partial charge in [0.2, 0.25) is 0 Å². The average Bonchev–Trinajstić information content (AvgIpc) is 2.61. The van der Waals surface area contributed by atoms with Crippen molar-refractivity contribution in [2.45, 2.75) is 18.6 Å². The molecule has 3 N–H and O–H groups in total. The molecule has 1 aromatic rings. The van der Waals surface area contributed by atoms with Crippen molar-refractivity contribution in [2.24, 2.45) is 0 Å². The van der Waals surface area contributed by atoms with Crippen LogP contribution in [0.1, 0.15) is 24.4 Å².